The van der Waals surface area contributed by atoms with E-state index in [4.69, 9.17) is 0 Å². The Hall–Kier alpha value is -1.95. The zero-order chi connectivity index (χ0) is 19.2. The summed E-state index contributed by atoms with van der Waals surface area (Å²) in [5.74, 6) is 0.943. The lowest BCUT2D eigenvalue weighted by atomic mass is 9.62. The highest BCUT2D eigenvalue weighted by Crippen LogP contribution is 2.44. The number of nitrogens with one attached hydrogen (secondary N) is 2. The van der Waals surface area contributed by atoms with E-state index in [1.807, 2.05) is 24.3 Å². The average molecular weight is 386 g/mol. The Balaban J connectivity index is 1.44. The van der Waals surface area contributed by atoms with E-state index in [1.54, 1.807) is 0 Å². The number of carbonyl (C=O) groups is 2. The van der Waals surface area contributed by atoms with Crippen LogP contribution >= 0.6 is 11.3 Å². The molecule has 2 heterocycles. The third kappa shape index (κ3) is 3.72. The molecule has 4 rings (SSSR count). The van der Waals surface area contributed by atoms with E-state index in [9.17, 15) is 9.59 Å². The fraction of sp³-hybridized carbons (Fsp3) is 0.571. The van der Waals surface area contributed by atoms with Crippen molar-refractivity contribution in [1.82, 2.24) is 15.6 Å². The van der Waals surface area contributed by atoms with Crippen molar-refractivity contribution in [2.75, 3.05) is 0 Å². The summed E-state index contributed by atoms with van der Waals surface area (Å²) in [5.41, 5.74) is 0.988. The van der Waals surface area contributed by atoms with Crippen LogP contribution in [0, 0.1) is 17.3 Å². The van der Waals surface area contributed by atoms with Crippen molar-refractivity contribution < 1.29 is 9.59 Å². The van der Waals surface area contributed by atoms with Gasteiger partial charge in [0.05, 0.1) is 10.2 Å². The van der Waals surface area contributed by atoms with Crippen molar-refractivity contribution in [2.24, 2.45) is 17.3 Å². The molecule has 0 radical (unpaired) electrons. The van der Waals surface area contributed by atoms with Crippen molar-refractivity contribution in [3.05, 3.63) is 29.3 Å². The van der Waals surface area contributed by atoms with Crippen LogP contribution in [0.5, 0.6) is 0 Å². The minimum atomic E-state index is -0.103. The monoisotopic (exact) mass is 385 g/mol. The van der Waals surface area contributed by atoms with Crippen molar-refractivity contribution in [3.63, 3.8) is 0 Å². The predicted octanol–water partition coefficient (Wildman–Crippen LogP) is 3.75. The molecule has 1 aliphatic heterocycles. The molecule has 2 N–H and O–H groups in total. The molecule has 2 aromatic rings. The van der Waals surface area contributed by atoms with Crippen molar-refractivity contribution in [2.45, 2.75) is 58.5 Å². The topological polar surface area (TPSA) is 71.1 Å². The molecule has 1 saturated carbocycles. The number of carbonyl (C=O) groups excluding carboxylic acids is 2. The molecule has 2 aliphatic rings. The van der Waals surface area contributed by atoms with Crippen LogP contribution in [0.2, 0.25) is 0 Å². The molecule has 1 aromatic heterocycles. The molecule has 1 aromatic carbocycles. The van der Waals surface area contributed by atoms with Gasteiger partial charge in [0, 0.05) is 18.5 Å². The highest BCUT2D eigenvalue weighted by atomic mass is 32.1. The molecule has 2 amide bonds. The van der Waals surface area contributed by atoms with E-state index in [1.165, 1.54) is 11.3 Å². The van der Waals surface area contributed by atoms with Crippen LogP contribution in [0.1, 0.15) is 56.3 Å². The molecule has 2 fully saturated rings. The number of hydrogen-bond donors (Lipinski definition) is 2. The molecule has 4 atom stereocenters. The Morgan fingerprint density at radius 1 is 1.26 bits per heavy atom. The molecule has 6 heteroatoms. The maximum atomic E-state index is 12.7. The molecular weight excluding hydrogens is 358 g/mol. The number of nitrogens with zero attached hydrogens (tertiary/aromatic N) is 1. The first-order chi connectivity index (χ1) is 12.8. The van der Waals surface area contributed by atoms with Gasteiger partial charge < -0.3 is 10.6 Å². The number of fused-ring (bicyclic) bond motifs is 2. The van der Waals surface area contributed by atoms with Gasteiger partial charge in [0.2, 0.25) is 5.91 Å². The van der Waals surface area contributed by atoms with Crippen LogP contribution in [-0.4, -0.2) is 28.9 Å². The lowest BCUT2D eigenvalue weighted by Gasteiger charge is -2.48. The third-order valence-electron chi connectivity index (χ3n) is 6.11. The molecule has 27 heavy (non-hydrogen) atoms. The summed E-state index contributed by atoms with van der Waals surface area (Å²) in [7, 11) is 0. The normalized spacial score (nSPS) is 28.5. The largest absolute Gasteiger partial charge is 0.353 e. The van der Waals surface area contributed by atoms with Gasteiger partial charge in [0.1, 0.15) is 0 Å². The molecule has 5 nitrogen and oxygen atoms in total. The summed E-state index contributed by atoms with van der Waals surface area (Å²) in [6.45, 7) is 6.69. The van der Waals surface area contributed by atoms with Crippen LogP contribution in [0.25, 0.3) is 10.2 Å². The lowest BCUT2D eigenvalue weighted by Crippen LogP contribution is -2.57. The summed E-state index contributed by atoms with van der Waals surface area (Å²) < 4.78 is 1.03. The van der Waals surface area contributed by atoms with Gasteiger partial charge in [-0.15, -0.1) is 11.3 Å². The zero-order valence-electron chi connectivity index (χ0n) is 16.1. The Morgan fingerprint density at radius 3 is 2.78 bits per heavy atom. The SMILES string of the molecule is CC(C)(C)C1CC(=O)NC2CC(NC(=O)c3nc4ccccc4s3)CCC21. The summed E-state index contributed by atoms with van der Waals surface area (Å²) in [6, 6.07) is 8.05. The molecular formula is C21H27N3O2S. The highest BCUT2D eigenvalue weighted by Gasteiger charge is 2.45. The summed E-state index contributed by atoms with van der Waals surface area (Å²) in [6.07, 6.45) is 3.42. The number of rotatable bonds is 2. The van der Waals surface area contributed by atoms with Crippen LogP contribution in [0.3, 0.4) is 0 Å². The number of benzene rings is 1. The average Bonchev–Trinajstić information content (AvgIpc) is 3.04. The van der Waals surface area contributed by atoms with Crippen molar-refractivity contribution in [3.8, 4) is 0 Å². The molecule has 0 spiro atoms. The van der Waals surface area contributed by atoms with Gasteiger partial charge in [-0.2, -0.15) is 0 Å². The number of para-hydroxylation sites is 1. The predicted molar refractivity (Wildman–Crippen MR) is 108 cm³/mol. The quantitative estimate of drug-likeness (QED) is 0.827. The minimum Gasteiger partial charge on any atom is -0.353 e. The Bertz CT molecular complexity index is 837. The van der Waals surface area contributed by atoms with Gasteiger partial charge in [-0.05, 0) is 48.6 Å². The van der Waals surface area contributed by atoms with Crippen LogP contribution in [0.15, 0.2) is 24.3 Å². The van der Waals surface area contributed by atoms with E-state index in [0.717, 1.165) is 29.5 Å². The van der Waals surface area contributed by atoms with Crippen LogP contribution in [0.4, 0.5) is 0 Å². The molecule has 4 unspecified atom stereocenters. The Kier molecular flexibility index (Phi) is 4.70. The number of aromatic nitrogens is 1. The third-order valence-corrected chi connectivity index (χ3v) is 7.14. The van der Waals surface area contributed by atoms with Gasteiger partial charge >= 0.3 is 0 Å². The van der Waals surface area contributed by atoms with Crippen molar-refractivity contribution in [1.29, 1.82) is 0 Å². The van der Waals surface area contributed by atoms with Gasteiger partial charge in [-0.1, -0.05) is 32.9 Å². The molecule has 1 aliphatic carbocycles. The van der Waals surface area contributed by atoms with Gasteiger partial charge in [0.15, 0.2) is 5.01 Å². The van der Waals surface area contributed by atoms with E-state index < -0.39 is 0 Å². The number of piperidine rings is 1. The summed E-state index contributed by atoms with van der Waals surface area (Å²) >= 11 is 1.43. The van der Waals surface area contributed by atoms with Gasteiger partial charge in [0.25, 0.3) is 5.91 Å². The first-order valence-corrected chi connectivity index (χ1v) is 10.6. The highest BCUT2D eigenvalue weighted by molar-refractivity contribution is 7.20. The van der Waals surface area contributed by atoms with Crippen LogP contribution < -0.4 is 10.6 Å². The Morgan fingerprint density at radius 2 is 2.04 bits per heavy atom. The number of hydrogen-bond acceptors (Lipinski definition) is 4. The smallest absolute Gasteiger partial charge is 0.280 e. The summed E-state index contributed by atoms with van der Waals surface area (Å²) in [4.78, 5) is 29.4. The fourth-order valence-corrected chi connectivity index (χ4v) is 5.62. The fourth-order valence-electron chi connectivity index (χ4n) is 4.75. The second kappa shape index (κ2) is 6.89. The molecule has 1 saturated heterocycles. The number of amides is 2. The second-order valence-corrected chi connectivity index (χ2v) is 10.0. The number of thiazole rings is 1. The minimum absolute atomic E-state index is 0.0878. The zero-order valence-corrected chi connectivity index (χ0v) is 16.9. The molecule has 144 valence electrons. The van der Waals surface area contributed by atoms with Gasteiger partial charge in [-0.3, -0.25) is 9.59 Å². The van der Waals surface area contributed by atoms with E-state index in [-0.39, 0.29) is 29.3 Å². The maximum absolute atomic E-state index is 12.7. The maximum Gasteiger partial charge on any atom is 0.280 e. The van der Waals surface area contributed by atoms with Gasteiger partial charge in [-0.25, -0.2) is 4.98 Å². The van der Waals surface area contributed by atoms with E-state index >= 15 is 0 Å². The van der Waals surface area contributed by atoms with E-state index in [2.05, 4.69) is 36.4 Å². The first-order valence-electron chi connectivity index (χ1n) is 9.77. The van der Waals surface area contributed by atoms with Crippen LogP contribution in [-0.2, 0) is 4.79 Å². The lowest BCUT2D eigenvalue weighted by molar-refractivity contribution is -0.129. The summed E-state index contributed by atoms with van der Waals surface area (Å²) in [5, 5.41) is 6.85. The second-order valence-electron chi connectivity index (χ2n) is 8.98. The van der Waals surface area contributed by atoms with E-state index in [0.29, 0.717) is 23.3 Å². The standard InChI is InChI=1S/C21H27N3O2S/c1-21(2,3)14-11-18(25)23-16-10-12(8-9-13(14)16)22-19(26)20-24-15-6-4-5-7-17(15)27-20/h4-7,12-14,16H,8-11H2,1-3H3,(H,22,26)(H,23,25). The van der Waals surface area contributed by atoms with Crippen molar-refractivity contribution >= 4 is 33.4 Å². The first kappa shape index (κ1) is 18.4. The Labute approximate surface area is 163 Å². The molecule has 0 bridgehead atoms.